The zero-order valence-electron chi connectivity index (χ0n) is 17.4. The highest BCUT2D eigenvalue weighted by Gasteiger charge is 2.32. The van der Waals surface area contributed by atoms with Crippen molar-refractivity contribution in [2.45, 2.75) is 71.8 Å². The van der Waals surface area contributed by atoms with E-state index < -0.39 is 0 Å². The molecule has 1 aliphatic heterocycles. The minimum Gasteiger partial charge on any atom is -0.472 e. The summed E-state index contributed by atoms with van der Waals surface area (Å²) in [5.74, 6) is 4.05. The first-order chi connectivity index (χ1) is 13.0. The summed E-state index contributed by atoms with van der Waals surface area (Å²) < 4.78 is 17.1. The molecule has 27 heavy (non-hydrogen) atoms. The molecule has 150 valence electrons. The average Bonchev–Trinajstić information content (AvgIpc) is 3.40. The minimum absolute atomic E-state index is 0.443. The number of ether oxygens (including phenoxy) is 1. The molecule has 5 atom stereocenters. The Kier molecular flexibility index (Phi) is 7.23. The molecule has 0 bridgehead atoms. The molecule has 1 fully saturated rings. The molecule has 3 nitrogen and oxygen atoms in total. The van der Waals surface area contributed by atoms with E-state index in [2.05, 4.69) is 39.8 Å². The predicted molar refractivity (Wildman–Crippen MR) is 109 cm³/mol. The van der Waals surface area contributed by atoms with Crippen LogP contribution in [0.3, 0.4) is 0 Å². The van der Waals surface area contributed by atoms with E-state index >= 15 is 0 Å². The second-order valence-electron chi connectivity index (χ2n) is 8.96. The van der Waals surface area contributed by atoms with Gasteiger partial charge >= 0.3 is 0 Å². The van der Waals surface area contributed by atoms with Crippen LogP contribution in [0, 0.1) is 23.7 Å². The Hall–Kier alpha value is -1.48. The van der Waals surface area contributed by atoms with E-state index in [1.165, 1.54) is 24.8 Å². The van der Waals surface area contributed by atoms with Gasteiger partial charge in [-0.2, -0.15) is 0 Å². The van der Waals surface area contributed by atoms with Gasteiger partial charge < -0.3 is 13.6 Å². The molecule has 0 aliphatic carbocycles. The molecule has 0 spiro atoms. The molecule has 1 saturated heterocycles. The smallest absolute Gasteiger partial charge is 0.104 e. The van der Waals surface area contributed by atoms with Crippen LogP contribution in [-0.2, 0) is 11.2 Å². The number of furan rings is 2. The molecule has 3 rings (SSSR count). The Bertz CT molecular complexity index is 623. The summed E-state index contributed by atoms with van der Waals surface area (Å²) in [4.78, 5) is 0. The van der Waals surface area contributed by atoms with E-state index in [1.807, 2.05) is 18.6 Å². The monoisotopic (exact) mass is 372 g/mol. The first-order valence-corrected chi connectivity index (χ1v) is 10.7. The third kappa shape index (κ3) is 5.51. The second-order valence-corrected chi connectivity index (χ2v) is 8.96. The van der Waals surface area contributed by atoms with E-state index in [0.717, 1.165) is 25.2 Å². The van der Waals surface area contributed by atoms with E-state index in [0.29, 0.717) is 35.7 Å². The Labute approximate surface area is 164 Å². The normalized spacial score (nSPS) is 22.0. The molecule has 0 amide bonds. The average molecular weight is 373 g/mol. The van der Waals surface area contributed by atoms with Crippen molar-refractivity contribution in [3.63, 3.8) is 0 Å². The summed E-state index contributed by atoms with van der Waals surface area (Å²) in [7, 11) is 0. The van der Waals surface area contributed by atoms with Crippen LogP contribution in [0.15, 0.2) is 45.8 Å². The highest BCUT2D eigenvalue weighted by Crippen LogP contribution is 2.39. The molecule has 2 aromatic rings. The van der Waals surface area contributed by atoms with Gasteiger partial charge in [-0.15, -0.1) is 0 Å². The van der Waals surface area contributed by atoms with Crippen molar-refractivity contribution in [1.82, 2.24) is 0 Å². The van der Waals surface area contributed by atoms with Gasteiger partial charge in [-0.1, -0.05) is 27.7 Å². The van der Waals surface area contributed by atoms with Crippen molar-refractivity contribution < 1.29 is 13.6 Å². The first-order valence-electron chi connectivity index (χ1n) is 10.7. The SMILES string of the molecule is CC(C)C(C[C@@H](C)C(C[C@@H](C)Cc1ccco1)c1ccoc1)[C@H]1CCCO1. The summed E-state index contributed by atoms with van der Waals surface area (Å²) in [5, 5.41) is 0. The van der Waals surface area contributed by atoms with Crippen LogP contribution in [0.1, 0.15) is 70.6 Å². The summed E-state index contributed by atoms with van der Waals surface area (Å²) in [6.07, 6.45) is 11.8. The molecule has 3 heterocycles. The molecule has 0 radical (unpaired) electrons. The molecule has 0 aromatic carbocycles. The van der Waals surface area contributed by atoms with Gasteiger partial charge in [0.2, 0.25) is 0 Å². The van der Waals surface area contributed by atoms with Crippen LogP contribution < -0.4 is 0 Å². The standard InChI is InChI=1S/C24H36O3/c1-17(2)22(24-8-6-11-27-24)15-19(4)23(20-9-12-25-16-20)14-18(3)13-21-7-5-10-26-21/h5,7,9-10,12,16-19,22-24H,6,8,11,13-15H2,1-4H3/t18-,19+,22?,23?,24+/m0/s1. The highest BCUT2D eigenvalue weighted by atomic mass is 16.5. The number of hydrogen-bond donors (Lipinski definition) is 0. The van der Waals surface area contributed by atoms with Gasteiger partial charge in [-0.05, 0) is 79.0 Å². The van der Waals surface area contributed by atoms with Crippen LogP contribution in [0.4, 0.5) is 0 Å². The zero-order valence-corrected chi connectivity index (χ0v) is 17.4. The van der Waals surface area contributed by atoms with Crippen molar-refractivity contribution in [1.29, 1.82) is 0 Å². The van der Waals surface area contributed by atoms with Gasteiger partial charge in [0, 0.05) is 13.0 Å². The van der Waals surface area contributed by atoms with E-state index in [1.54, 1.807) is 6.26 Å². The Morgan fingerprint density at radius 1 is 1.07 bits per heavy atom. The van der Waals surface area contributed by atoms with Crippen LogP contribution in [0.2, 0.25) is 0 Å². The highest BCUT2D eigenvalue weighted by molar-refractivity contribution is 5.14. The maximum absolute atomic E-state index is 6.07. The van der Waals surface area contributed by atoms with Gasteiger partial charge in [-0.3, -0.25) is 0 Å². The lowest BCUT2D eigenvalue weighted by Gasteiger charge is -2.33. The lowest BCUT2D eigenvalue weighted by atomic mass is 9.73. The zero-order chi connectivity index (χ0) is 19.2. The van der Waals surface area contributed by atoms with Gasteiger partial charge in [-0.25, -0.2) is 0 Å². The number of rotatable bonds is 10. The quantitative estimate of drug-likeness (QED) is 0.465. The summed E-state index contributed by atoms with van der Waals surface area (Å²) in [5.41, 5.74) is 1.34. The minimum atomic E-state index is 0.443. The molecule has 0 N–H and O–H groups in total. The third-order valence-corrected chi connectivity index (χ3v) is 6.39. The topological polar surface area (TPSA) is 35.5 Å². The van der Waals surface area contributed by atoms with Crippen molar-refractivity contribution in [3.8, 4) is 0 Å². The third-order valence-electron chi connectivity index (χ3n) is 6.39. The molecule has 1 aliphatic rings. The van der Waals surface area contributed by atoms with Crippen molar-refractivity contribution in [2.24, 2.45) is 23.7 Å². The van der Waals surface area contributed by atoms with Gasteiger partial charge in [0.05, 0.1) is 24.9 Å². The largest absolute Gasteiger partial charge is 0.472 e. The fraction of sp³-hybridized carbons (Fsp3) is 0.667. The van der Waals surface area contributed by atoms with Gasteiger partial charge in [0.15, 0.2) is 0 Å². The fourth-order valence-corrected chi connectivity index (χ4v) is 4.86. The van der Waals surface area contributed by atoms with Crippen molar-refractivity contribution in [3.05, 3.63) is 48.3 Å². The Morgan fingerprint density at radius 3 is 2.52 bits per heavy atom. The van der Waals surface area contributed by atoms with Crippen LogP contribution in [-0.4, -0.2) is 12.7 Å². The first kappa shape index (κ1) is 20.3. The maximum atomic E-state index is 6.07. The molecular formula is C24H36O3. The lowest BCUT2D eigenvalue weighted by molar-refractivity contribution is 0.0316. The lowest BCUT2D eigenvalue weighted by Crippen LogP contribution is -2.28. The maximum Gasteiger partial charge on any atom is 0.104 e. The van der Waals surface area contributed by atoms with Gasteiger partial charge in [0.25, 0.3) is 0 Å². The van der Waals surface area contributed by atoms with Crippen LogP contribution >= 0.6 is 0 Å². The molecule has 2 unspecified atom stereocenters. The Morgan fingerprint density at radius 2 is 1.93 bits per heavy atom. The van der Waals surface area contributed by atoms with Crippen LogP contribution in [0.25, 0.3) is 0 Å². The molecule has 3 heteroatoms. The van der Waals surface area contributed by atoms with E-state index in [4.69, 9.17) is 13.6 Å². The van der Waals surface area contributed by atoms with Crippen molar-refractivity contribution >= 4 is 0 Å². The Balaban J connectivity index is 1.68. The summed E-state index contributed by atoms with van der Waals surface area (Å²) in [6.45, 7) is 10.4. The number of hydrogen-bond acceptors (Lipinski definition) is 3. The molecular weight excluding hydrogens is 336 g/mol. The van der Waals surface area contributed by atoms with E-state index in [9.17, 15) is 0 Å². The second kappa shape index (κ2) is 9.64. The van der Waals surface area contributed by atoms with E-state index in [-0.39, 0.29) is 0 Å². The molecule has 2 aromatic heterocycles. The molecule has 0 saturated carbocycles. The predicted octanol–water partition coefficient (Wildman–Crippen LogP) is 6.70. The van der Waals surface area contributed by atoms with Crippen molar-refractivity contribution in [2.75, 3.05) is 6.61 Å². The van der Waals surface area contributed by atoms with Gasteiger partial charge in [0.1, 0.15) is 5.76 Å². The fourth-order valence-electron chi connectivity index (χ4n) is 4.86. The summed E-state index contributed by atoms with van der Waals surface area (Å²) >= 11 is 0. The summed E-state index contributed by atoms with van der Waals surface area (Å²) in [6, 6.07) is 6.21. The van der Waals surface area contributed by atoms with Crippen LogP contribution in [0.5, 0.6) is 0 Å².